The van der Waals surface area contributed by atoms with Crippen molar-refractivity contribution < 1.29 is 0 Å². The van der Waals surface area contributed by atoms with Crippen LogP contribution < -0.4 is 5.73 Å². The van der Waals surface area contributed by atoms with E-state index in [4.69, 9.17) is 5.73 Å². The molecule has 0 aliphatic rings. The summed E-state index contributed by atoms with van der Waals surface area (Å²) < 4.78 is 6.03. The summed E-state index contributed by atoms with van der Waals surface area (Å²) in [5.74, 6) is 0. The number of aromatic nitrogens is 2. The van der Waals surface area contributed by atoms with Crippen LogP contribution in [0.4, 0.5) is 0 Å². The van der Waals surface area contributed by atoms with Crippen LogP contribution in [0.15, 0.2) is 38.2 Å². The molecule has 2 N–H and O–H groups in total. The van der Waals surface area contributed by atoms with Gasteiger partial charge in [-0.2, -0.15) is 4.37 Å². The van der Waals surface area contributed by atoms with Gasteiger partial charge >= 0.3 is 0 Å². The van der Waals surface area contributed by atoms with E-state index >= 15 is 0 Å². The molecular weight excluding hydrogens is 306 g/mol. The Morgan fingerprint density at radius 1 is 1.44 bits per heavy atom. The molecule has 84 valence electrons. The Labute approximate surface area is 111 Å². The Kier molecular flexibility index (Phi) is 4.34. The van der Waals surface area contributed by atoms with Crippen LogP contribution in [0.3, 0.4) is 0 Å². The molecule has 0 saturated heterocycles. The molecule has 0 fully saturated rings. The van der Waals surface area contributed by atoms with Crippen molar-refractivity contribution in [3.8, 4) is 0 Å². The van der Waals surface area contributed by atoms with E-state index in [0.717, 1.165) is 15.2 Å². The number of rotatable bonds is 4. The fraction of sp³-hybridized carbons (Fsp3) is 0.200. The van der Waals surface area contributed by atoms with Crippen LogP contribution in [0.1, 0.15) is 5.56 Å². The average molecular weight is 316 g/mol. The smallest absolute Gasteiger partial charge is 0.174 e. The molecule has 0 spiro atoms. The third kappa shape index (κ3) is 3.04. The highest BCUT2D eigenvalue weighted by atomic mass is 79.9. The Hall–Kier alpha value is -0.430. The molecule has 0 unspecified atom stereocenters. The van der Waals surface area contributed by atoms with E-state index < -0.39 is 0 Å². The third-order valence-electron chi connectivity index (χ3n) is 1.97. The molecule has 0 radical (unpaired) electrons. The largest absolute Gasteiger partial charge is 0.330 e. The molecule has 1 heterocycles. The number of benzene rings is 1. The maximum Gasteiger partial charge on any atom is 0.174 e. The van der Waals surface area contributed by atoms with Crippen LogP contribution in [0.2, 0.25) is 0 Å². The van der Waals surface area contributed by atoms with Crippen molar-refractivity contribution in [1.82, 2.24) is 9.36 Å². The van der Waals surface area contributed by atoms with Gasteiger partial charge in [-0.1, -0.05) is 27.7 Å². The lowest BCUT2D eigenvalue weighted by molar-refractivity contribution is 0.943. The fourth-order valence-corrected chi connectivity index (χ4v) is 3.25. The molecule has 2 aromatic rings. The maximum atomic E-state index is 5.60. The Morgan fingerprint density at radius 2 is 2.31 bits per heavy atom. The van der Waals surface area contributed by atoms with Gasteiger partial charge in [0.1, 0.15) is 6.33 Å². The van der Waals surface area contributed by atoms with Crippen molar-refractivity contribution in [3.63, 3.8) is 0 Å². The summed E-state index contributed by atoms with van der Waals surface area (Å²) in [7, 11) is 0. The van der Waals surface area contributed by atoms with Crippen molar-refractivity contribution in [3.05, 3.63) is 34.6 Å². The second-order valence-electron chi connectivity index (χ2n) is 3.10. The van der Waals surface area contributed by atoms with E-state index in [0.29, 0.717) is 6.54 Å². The lowest BCUT2D eigenvalue weighted by Gasteiger charge is -2.06. The summed E-state index contributed by atoms with van der Waals surface area (Å²) >= 11 is 6.51. The van der Waals surface area contributed by atoms with E-state index in [1.165, 1.54) is 22.0 Å². The van der Waals surface area contributed by atoms with Crippen molar-refractivity contribution in [2.24, 2.45) is 5.73 Å². The van der Waals surface area contributed by atoms with Gasteiger partial charge < -0.3 is 5.73 Å². The van der Waals surface area contributed by atoms with E-state index in [2.05, 4.69) is 37.4 Å². The summed E-state index contributed by atoms with van der Waals surface area (Å²) in [6.07, 6.45) is 2.45. The zero-order valence-electron chi connectivity index (χ0n) is 8.39. The molecule has 1 aromatic heterocycles. The number of hydrogen-bond donors (Lipinski definition) is 1. The van der Waals surface area contributed by atoms with Crippen LogP contribution in [0, 0.1) is 0 Å². The van der Waals surface area contributed by atoms with Crippen LogP contribution >= 0.6 is 39.2 Å². The summed E-state index contributed by atoms with van der Waals surface area (Å²) in [5.41, 5.74) is 6.85. The standard InChI is InChI=1S/C10H10BrN3S2/c11-8-1-2-9(7(5-8)3-4-12)15-10-13-6-14-16-10/h1-2,5-6H,3-4,12H2. The van der Waals surface area contributed by atoms with Gasteiger partial charge in [0.05, 0.1) is 0 Å². The minimum absolute atomic E-state index is 0.653. The predicted octanol–water partition coefficient (Wildman–Crippen LogP) is 2.95. The highest BCUT2D eigenvalue weighted by molar-refractivity contribution is 9.10. The quantitative estimate of drug-likeness (QED) is 0.942. The molecule has 0 amide bonds. The van der Waals surface area contributed by atoms with Crippen molar-refractivity contribution in [2.45, 2.75) is 15.7 Å². The Morgan fingerprint density at radius 3 is 3.00 bits per heavy atom. The molecule has 0 aliphatic heterocycles. The average Bonchev–Trinajstić information content (AvgIpc) is 2.75. The summed E-state index contributed by atoms with van der Waals surface area (Å²) in [6.45, 7) is 0.653. The van der Waals surface area contributed by atoms with Gasteiger partial charge in [-0.15, -0.1) is 0 Å². The molecular formula is C10H10BrN3S2. The van der Waals surface area contributed by atoms with Crippen molar-refractivity contribution in [2.75, 3.05) is 6.54 Å². The Balaban J connectivity index is 2.25. The molecule has 1 aromatic carbocycles. The van der Waals surface area contributed by atoms with Crippen LogP contribution in [-0.4, -0.2) is 15.9 Å². The van der Waals surface area contributed by atoms with E-state index in [1.807, 2.05) is 6.07 Å². The van der Waals surface area contributed by atoms with E-state index in [1.54, 1.807) is 18.1 Å². The van der Waals surface area contributed by atoms with E-state index in [9.17, 15) is 0 Å². The first-order chi connectivity index (χ1) is 7.79. The number of hydrogen-bond acceptors (Lipinski definition) is 5. The van der Waals surface area contributed by atoms with Crippen LogP contribution in [0.5, 0.6) is 0 Å². The van der Waals surface area contributed by atoms with Gasteiger partial charge in [0.15, 0.2) is 4.34 Å². The first-order valence-corrected chi connectivity index (χ1v) is 7.11. The second kappa shape index (κ2) is 5.77. The highest BCUT2D eigenvalue weighted by Gasteiger charge is 2.06. The summed E-state index contributed by atoms with van der Waals surface area (Å²) in [4.78, 5) is 5.36. The molecule has 0 saturated carbocycles. The third-order valence-corrected chi connectivity index (χ3v) is 4.30. The molecule has 0 aliphatic carbocycles. The monoisotopic (exact) mass is 315 g/mol. The van der Waals surface area contributed by atoms with Crippen molar-refractivity contribution in [1.29, 1.82) is 0 Å². The zero-order chi connectivity index (χ0) is 11.4. The van der Waals surface area contributed by atoms with Gasteiger partial charge in [0.25, 0.3) is 0 Å². The van der Waals surface area contributed by atoms with Gasteiger partial charge in [-0.3, -0.25) is 0 Å². The predicted molar refractivity (Wildman–Crippen MR) is 70.9 cm³/mol. The molecule has 3 nitrogen and oxygen atoms in total. The molecule has 16 heavy (non-hydrogen) atoms. The minimum Gasteiger partial charge on any atom is -0.330 e. The second-order valence-corrected chi connectivity index (χ2v) is 6.08. The first kappa shape index (κ1) is 12.0. The molecule has 0 bridgehead atoms. The first-order valence-electron chi connectivity index (χ1n) is 4.72. The minimum atomic E-state index is 0.653. The lowest BCUT2D eigenvalue weighted by Crippen LogP contribution is -2.03. The molecule has 6 heteroatoms. The van der Waals surface area contributed by atoms with Crippen molar-refractivity contribution >= 4 is 39.2 Å². The number of nitrogens with zero attached hydrogens (tertiary/aromatic N) is 2. The van der Waals surface area contributed by atoms with Gasteiger partial charge in [0, 0.05) is 9.37 Å². The normalized spacial score (nSPS) is 10.6. The van der Waals surface area contributed by atoms with Gasteiger partial charge in [-0.05, 0) is 48.3 Å². The van der Waals surface area contributed by atoms with Crippen LogP contribution in [0.25, 0.3) is 0 Å². The number of halogens is 1. The zero-order valence-corrected chi connectivity index (χ0v) is 11.6. The fourth-order valence-electron chi connectivity index (χ4n) is 1.30. The topological polar surface area (TPSA) is 51.8 Å². The highest BCUT2D eigenvalue weighted by Crippen LogP contribution is 2.32. The number of nitrogens with two attached hydrogens (primary N) is 1. The van der Waals surface area contributed by atoms with Crippen LogP contribution in [-0.2, 0) is 6.42 Å². The molecule has 2 rings (SSSR count). The summed E-state index contributed by atoms with van der Waals surface area (Å²) in [6, 6.07) is 6.22. The SMILES string of the molecule is NCCc1cc(Br)ccc1Sc1ncns1. The molecule has 0 atom stereocenters. The maximum absolute atomic E-state index is 5.60. The summed E-state index contributed by atoms with van der Waals surface area (Å²) in [5, 5.41) is 0. The van der Waals surface area contributed by atoms with E-state index in [-0.39, 0.29) is 0 Å². The van der Waals surface area contributed by atoms with Gasteiger partial charge in [-0.25, -0.2) is 4.98 Å². The Bertz CT molecular complexity index is 459. The lowest BCUT2D eigenvalue weighted by atomic mass is 10.1. The van der Waals surface area contributed by atoms with Gasteiger partial charge in [0.2, 0.25) is 0 Å².